The van der Waals surface area contributed by atoms with Crippen LogP contribution in [0.25, 0.3) is 0 Å². The molecule has 1 aliphatic rings. The van der Waals surface area contributed by atoms with E-state index < -0.39 is 0 Å². The quantitative estimate of drug-likeness (QED) is 0.559. The van der Waals surface area contributed by atoms with Crippen LogP contribution in [0.3, 0.4) is 0 Å². The molecule has 0 aliphatic carbocycles. The van der Waals surface area contributed by atoms with E-state index in [0.29, 0.717) is 5.92 Å². The van der Waals surface area contributed by atoms with Crippen molar-refractivity contribution in [3.63, 3.8) is 0 Å². The van der Waals surface area contributed by atoms with Crippen LogP contribution in [0, 0.1) is 5.92 Å². The van der Waals surface area contributed by atoms with Gasteiger partial charge in [-0.05, 0) is 38.9 Å². The van der Waals surface area contributed by atoms with Crippen molar-refractivity contribution in [2.24, 2.45) is 10.9 Å². The number of piperidine rings is 1. The largest absolute Gasteiger partial charge is 0.317 e. The summed E-state index contributed by atoms with van der Waals surface area (Å²) in [6.45, 7) is 11.9. The summed E-state index contributed by atoms with van der Waals surface area (Å²) in [5.74, 6) is 0.621. The summed E-state index contributed by atoms with van der Waals surface area (Å²) in [5, 5.41) is 3.35. The zero-order valence-corrected chi connectivity index (χ0v) is 10.3. The Hall–Kier alpha value is -0.890. The van der Waals surface area contributed by atoms with E-state index in [9.17, 15) is 0 Å². The maximum atomic E-state index is 4.37. The lowest BCUT2D eigenvalue weighted by Gasteiger charge is -2.22. The summed E-state index contributed by atoms with van der Waals surface area (Å²) in [6.07, 6.45) is 8.09. The van der Waals surface area contributed by atoms with Crippen LogP contribution in [-0.2, 0) is 0 Å². The highest BCUT2D eigenvalue weighted by atomic mass is 14.9. The molecule has 0 aromatic rings. The summed E-state index contributed by atoms with van der Waals surface area (Å²) >= 11 is 0. The van der Waals surface area contributed by atoms with Gasteiger partial charge in [-0.3, -0.25) is 4.99 Å². The van der Waals surface area contributed by atoms with Crippen LogP contribution >= 0.6 is 0 Å². The molecule has 2 heteroatoms. The van der Waals surface area contributed by atoms with Crippen molar-refractivity contribution < 1.29 is 0 Å². The van der Waals surface area contributed by atoms with Crippen molar-refractivity contribution in [2.75, 3.05) is 13.1 Å². The van der Waals surface area contributed by atoms with E-state index in [4.69, 9.17) is 0 Å². The van der Waals surface area contributed by atoms with Crippen molar-refractivity contribution in [2.45, 2.75) is 33.6 Å². The molecule has 0 aromatic carbocycles. The lowest BCUT2D eigenvalue weighted by atomic mass is 9.94. The Kier molecular flexibility index (Phi) is 9.08. The molecular formula is C13H24N2. The van der Waals surface area contributed by atoms with Crippen molar-refractivity contribution in [3.05, 3.63) is 24.4 Å². The number of nitrogens with zero attached hydrogens (tertiary/aromatic N) is 1. The molecule has 2 nitrogen and oxygen atoms in total. The minimum Gasteiger partial charge on any atom is -0.317 e. The van der Waals surface area contributed by atoms with Gasteiger partial charge >= 0.3 is 0 Å². The molecule has 15 heavy (non-hydrogen) atoms. The van der Waals surface area contributed by atoms with Crippen LogP contribution in [0.15, 0.2) is 29.4 Å². The molecule has 1 aliphatic heterocycles. The van der Waals surface area contributed by atoms with Crippen LogP contribution < -0.4 is 5.32 Å². The second-order valence-electron chi connectivity index (χ2n) is 3.24. The molecular weight excluding hydrogens is 184 g/mol. The topological polar surface area (TPSA) is 24.4 Å². The van der Waals surface area contributed by atoms with Gasteiger partial charge in [0.1, 0.15) is 0 Å². The molecule has 0 radical (unpaired) electrons. The van der Waals surface area contributed by atoms with Gasteiger partial charge in [0.15, 0.2) is 0 Å². The Morgan fingerprint density at radius 2 is 1.93 bits per heavy atom. The van der Waals surface area contributed by atoms with Gasteiger partial charge in [0.2, 0.25) is 0 Å². The first-order valence-electron chi connectivity index (χ1n) is 5.90. The van der Waals surface area contributed by atoms with Crippen molar-refractivity contribution >= 4 is 6.21 Å². The Balaban J connectivity index is 0.000000921. The van der Waals surface area contributed by atoms with Gasteiger partial charge < -0.3 is 5.32 Å². The van der Waals surface area contributed by atoms with Crippen molar-refractivity contribution in [1.29, 1.82) is 0 Å². The number of hydrogen-bond acceptors (Lipinski definition) is 2. The first kappa shape index (κ1) is 14.1. The van der Waals surface area contributed by atoms with Crippen molar-refractivity contribution in [1.82, 2.24) is 5.32 Å². The van der Waals surface area contributed by atoms with E-state index in [2.05, 4.69) is 16.9 Å². The third kappa shape index (κ3) is 5.53. The highest BCUT2D eigenvalue weighted by Gasteiger charge is 2.15. The fraction of sp³-hybridized carbons (Fsp3) is 0.615. The molecule has 0 bridgehead atoms. The fourth-order valence-electron chi connectivity index (χ4n) is 1.67. The summed E-state index contributed by atoms with van der Waals surface area (Å²) in [4.78, 5) is 4.37. The van der Waals surface area contributed by atoms with Gasteiger partial charge in [-0.25, -0.2) is 0 Å². The maximum absolute atomic E-state index is 4.37. The lowest BCUT2D eigenvalue weighted by Crippen LogP contribution is -2.28. The molecule has 0 atom stereocenters. The average Bonchev–Trinajstić information content (AvgIpc) is 2.33. The van der Waals surface area contributed by atoms with Crippen LogP contribution in [0.4, 0.5) is 0 Å². The predicted octanol–water partition coefficient (Wildman–Crippen LogP) is 3.17. The van der Waals surface area contributed by atoms with Crippen LogP contribution in [0.5, 0.6) is 0 Å². The average molecular weight is 208 g/mol. The number of hydrogen-bond donors (Lipinski definition) is 1. The molecule has 86 valence electrons. The van der Waals surface area contributed by atoms with E-state index in [0.717, 1.165) is 13.1 Å². The second kappa shape index (κ2) is 9.66. The van der Waals surface area contributed by atoms with Crippen molar-refractivity contribution in [3.8, 4) is 0 Å². The minimum absolute atomic E-state index is 0.621. The molecule has 0 unspecified atom stereocenters. The highest BCUT2D eigenvalue weighted by Crippen LogP contribution is 2.22. The molecule has 0 saturated carbocycles. The lowest BCUT2D eigenvalue weighted by molar-refractivity contribution is 0.418. The maximum Gasteiger partial charge on any atom is 0.0431 e. The van der Waals surface area contributed by atoms with Crippen LogP contribution in [0.1, 0.15) is 33.6 Å². The summed E-state index contributed by atoms with van der Waals surface area (Å²) < 4.78 is 0. The van der Waals surface area contributed by atoms with E-state index in [1.807, 2.05) is 39.1 Å². The molecule has 1 N–H and O–H groups in total. The van der Waals surface area contributed by atoms with Gasteiger partial charge in [-0.1, -0.05) is 26.5 Å². The number of allylic oxidation sites excluding steroid dienone is 3. The molecule has 0 aromatic heterocycles. The first-order valence-corrected chi connectivity index (χ1v) is 5.90. The molecule has 1 saturated heterocycles. The Morgan fingerprint density at radius 1 is 1.33 bits per heavy atom. The number of aliphatic imine (C=N–C) groups is 1. The SMILES string of the molecule is C=C/C=C(\N=CC)C1CCNCC1.CC. The smallest absolute Gasteiger partial charge is 0.0431 e. The van der Waals surface area contributed by atoms with E-state index in [-0.39, 0.29) is 0 Å². The standard InChI is InChI=1S/C11H18N2.C2H6/c1-3-5-11(13-4-2)10-6-8-12-9-7-10;1-2/h3-5,10,12H,1,6-9H2,2H3;1-2H3/b11-5-,13-4?;. The number of rotatable bonds is 3. The second-order valence-corrected chi connectivity index (χ2v) is 3.24. The number of nitrogens with one attached hydrogen (secondary N) is 1. The van der Waals surface area contributed by atoms with Crippen LogP contribution in [-0.4, -0.2) is 19.3 Å². The molecule has 0 amide bonds. The minimum atomic E-state index is 0.621. The molecule has 1 heterocycles. The monoisotopic (exact) mass is 208 g/mol. The fourth-order valence-corrected chi connectivity index (χ4v) is 1.67. The summed E-state index contributed by atoms with van der Waals surface area (Å²) in [6, 6.07) is 0. The van der Waals surface area contributed by atoms with Gasteiger partial charge in [0.05, 0.1) is 0 Å². The first-order chi connectivity index (χ1) is 7.38. The normalized spacial score (nSPS) is 18.5. The summed E-state index contributed by atoms with van der Waals surface area (Å²) in [7, 11) is 0. The van der Waals surface area contributed by atoms with Crippen LogP contribution in [0.2, 0.25) is 0 Å². The predicted molar refractivity (Wildman–Crippen MR) is 69.4 cm³/mol. The molecule has 1 fully saturated rings. The van der Waals surface area contributed by atoms with Gasteiger partial charge in [0, 0.05) is 17.8 Å². The third-order valence-corrected chi connectivity index (χ3v) is 2.32. The summed E-state index contributed by atoms with van der Waals surface area (Å²) in [5.41, 5.74) is 1.18. The zero-order chi connectivity index (χ0) is 11.5. The van der Waals surface area contributed by atoms with E-state index in [1.54, 1.807) is 0 Å². The molecule has 0 spiro atoms. The highest BCUT2D eigenvalue weighted by molar-refractivity contribution is 5.55. The van der Waals surface area contributed by atoms with E-state index >= 15 is 0 Å². The third-order valence-electron chi connectivity index (χ3n) is 2.32. The molecule has 1 rings (SSSR count). The van der Waals surface area contributed by atoms with Gasteiger partial charge in [0.25, 0.3) is 0 Å². The van der Waals surface area contributed by atoms with Gasteiger partial charge in [-0.15, -0.1) is 0 Å². The Labute approximate surface area is 94.2 Å². The Bertz CT molecular complexity index is 211. The Morgan fingerprint density at radius 3 is 2.40 bits per heavy atom. The zero-order valence-electron chi connectivity index (χ0n) is 10.3. The van der Waals surface area contributed by atoms with E-state index in [1.165, 1.54) is 18.5 Å². The van der Waals surface area contributed by atoms with Gasteiger partial charge in [-0.2, -0.15) is 0 Å².